The van der Waals surface area contributed by atoms with Crippen molar-refractivity contribution >= 4 is 32.7 Å². The first-order valence-corrected chi connectivity index (χ1v) is 22.5. The molecule has 0 spiro atoms. The Morgan fingerprint density at radius 2 is 0.968 bits per heavy atom. The van der Waals surface area contributed by atoms with E-state index in [1.165, 1.54) is 82.7 Å². The van der Waals surface area contributed by atoms with E-state index >= 15 is 0 Å². The van der Waals surface area contributed by atoms with Crippen LogP contribution in [0.2, 0.25) is 0 Å². The Kier molecular flexibility index (Phi) is 15.1. The third-order valence-corrected chi connectivity index (χ3v) is 12.1. The first kappa shape index (κ1) is 45.3. The molecule has 9 aromatic rings. The van der Waals surface area contributed by atoms with Gasteiger partial charge in [-0.3, -0.25) is 0 Å². The molecule has 0 saturated heterocycles. The van der Waals surface area contributed by atoms with Gasteiger partial charge in [0.25, 0.3) is 0 Å². The molecule has 316 valence electrons. The highest BCUT2D eigenvalue weighted by atomic mass is 16.3. The molecule has 1 heterocycles. The molecule has 0 atom stereocenters. The van der Waals surface area contributed by atoms with Gasteiger partial charge in [0.1, 0.15) is 11.2 Å². The largest absolute Gasteiger partial charge is 0.456 e. The molecule has 1 aromatic heterocycles. The molecular weight excluding hydrogens is 749 g/mol. The minimum atomic E-state index is 0.0888. The van der Waals surface area contributed by atoms with Crippen molar-refractivity contribution in [1.82, 2.24) is 0 Å². The molecule has 1 heteroatoms. The van der Waals surface area contributed by atoms with Gasteiger partial charge in [-0.1, -0.05) is 229 Å². The molecule has 1 aliphatic rings. The fraction of sp³-hybridized carbons (Fsp3) is 0.246. The van der Waals surface area contributed by atoms with Gasteiger partial charge < -0.3 is 4.42 Å². The summed E-state index contributed by atoms with van der Waals surface area (Å²) in [6.45, 7) is 24.3. The van der Waals surface area contributed by atoms with Crippen molar-refractivity contribution < 1.29 is 4.42 Å². The van der Waals surface area contributed by atoms with Gasteiger partial charge in [-0.25, -0.2) is 0 Å². The Bertz CT molecular complexity index is 2820. The number of para-hydroxylation sites is 1. The van der Waals surface area contributed by atoms with E-state index in [0.717, 1.165) is 17.6 Å². The van der Waals surface area contributed by atoms with Crippen LogP contribution in [0.15, 0.2) is 180 Å². The maximum Gasteiger partial charge on any atom is 0.135 e. The van der Waals surface area contributed by atoms with Crippen LogP contribution >= 0.6 is 0 Å². The predicted molar refractivity (Wildman–Crippen MR) is 271 cm³/mol. The molecule has 62 heavy (non-hydrogen) atoms. The van der Waals surface area contributed by atoms with Gasteiger partial charge in [-0.2, -0.15) is 0 Å². The van der Waals surface area contributed by atoms with Gasteiger partial charge in [-0.05, 0) is 113 Å². The third-order valence-electron chi connectivity index (χ3n) is 12.1. The van der Waals surface area contributed by atoms with Gasteiger partial charge in [-0.15, -0.1) is 0 Å². The van der Waals surface area contributed by atoms with Crippen molar-refractivity contribution in [3.63, 3.8) is 0 Å². The Morgan fingerprint density at radius 1 is 0.452 bits per heavy atom. The van der Waals surface area contributed by atoms with Crippen LogP contribution in [0.1, 0.15) is 110 Å². The zero-order valence-electron chi connectivity index (χ0n) is 39.0. The van der Waals surface area contributed by atoms with Gasteiger partial charge in [0.05, 0.1) is 0 Å². The molecule has 0 fully saturated rings. The Labute approximate surface area is 372 Å². The summed E-state index contributed by atoms with van der Waals surface area (Å²) in [6, 6.07) is 62.1. The monoisotopic (exact) mass is 815 g/mol. The fourth-order valence-corrected chi connectivity index (χ4v) is 8.34. The standard InChI is InChI=1S/C21H20.C14H12O.C10H14.C9H12.C7H8/c1-13-9-10-17-18(11-13)21(3,4)19-12-14(2)15-7-5-6-8-16(15)20(17)19;1-2-10-6-5-9-13-14(10)11-7-3-4-8-12(11)15-13;1-8(2)10-6-4-9(3)5-7-10;1-8(2)9-6-4-3-5-7-9;1-7-5-3-2-4-6-7/h5-12H,1-4H3;3-9H,2H2,1H3;4-8H,1-3H3;3-8H,1-2H3;2-6H,1H3. The Hall–Kier alpha value is -6.18. The third kappa shape index (κ3) is 10.6. The van der Waals surface area contributed by atoms with Crippen LogP contribution in [0.5, 0.6) is 0 Å². The second kappa shape index (κ2) is 20.6. The van der Waals surface area contributed by atoms with E-state index in [4.69, 9.17) is 4.42 Å². The lowest BCUT2D eigenvalue weighted by atomic mass is 9.81. The van der Waals surface area contributed by atoms with Crippen molar-refractivity contribution in [2.45, 2.75) is 99.8 Å². The second-order valence-electron chi connectivity index (χ2n) is 17.9. The van der Waals surface area contributed by atoms with E-state index < -0.39 is 0 Å². The molecule has 0 bridgehead atoms. The summed E-state index contributed by atoms with van der Waals surface area (Å²) in [5, 5.41) is 5.27. The highest BCUT2D eigenvalue weighted by molar-refractivity contribution is 6.07. The Morgan fingerprint density at radius 3 is 1.55 bits per heavy atom. The van der Waals surface area contributed by atoms with Crippen LogP contribution in [-0.2, 0) is 11.8 Å². The first-order chi connectivity index (χ1) is 29.8. The van der Waals surface area contributed by atoms with Crippen molar-refractivity contribution in [2.24, 2.45) is 0 Å². The van der Waals surface area contributed by atoms with E-state index in [0.29, 0.717) is 11.8 Å². The Balaban J connectivity index is 0.000000137. The minimum Gasteiger partial charge on any atom is -0.456 e. The highest BCUT2D eigenvalue weighted by Gasteiger charge is 2.36. The molecule has 0 amide bonds. The molecule has 0 unspecified atom stereocenters. The maximum absolute atomic E-state index is 5.79. The molecule has 1 aliphatic carbocycles. The van der Waals surface area contributed by atoms with E-state index in [-0.39, 0.29) is 5.41 Å². The summed E-state index contributed by atoms with van der Waals surface area (Å²) in [6.07, 6.45) is 1.04. The van der Waals surface area contributed by atoms with Gasteiger partial charge in [0, 0.05) is 16.2 Å². The normalized spacial score (nSPS) is 12.0. The topological polar surface area (TPSA) is 13.1 Å². The van der Waals surface area contributed by atoms with E-state index in [1.54, 1.807) is 0 Å². The zero-order chi connectivity index (χ0) is 44.4. The second-order valence-corrected chi connectivity index (χ2v) is 17.9. The minimum absolute atomic E-state index is 0.0888. The van der Waals surface area contributed by atoms with Crippen LogP contribution in [-0.4, -0.2) is 0 Å². The van der Waals surface area contributed by atoms with E-state index in [2.05, 4.69) is 210 Å². The summed E-state index contributed by atoms with van der Waals surface area (Å²) in [7, 11) is 0. The fourth-order valence-electron chi connectivity index (χ4n) is 8.34. The molecule has 0 aliphatic heterocycles. The first-order valence-electron chi connectivity index (χ1n) is 22.5. The van der Waals surface area contributed by atoms with Crippen LogP contribution in [0.25, 0.3) is 43.8 Å². The number of benzene rings is 8. The summed E-state index contributed by atoms with van der Waals surface area (Å²) in [5.41, 5.74) is 17.4. The highest BCUT2D eigenvalue weighted by Crippen LogP contribution is 2.52. The number of aryl methyl sites for hydroxylation is 5. The van der Waals surface area contributed by atoms with Gasteiger partial charge in [0.2, 0.25) is 0 Å². The number of hydrogen-bond acceptors (Lipinski definition) is 1. The molecule has 10 rings (SSSR count). The number of rotatable bonds is 3. The lowest BCUT2D eigenvalue weighted by Gasteiger charge is -2.22. The summed E-state index contributed by atoms with van der Waals surface area (Å²) in [4.78, 5) is 0. The smallest absolute Gasteiger partial charge is 0.135 e. The lowest BCUT2D eigenvalue weighted by Crippen LogP contribution is -2.15. The molecule has 0 N–H and O–H groups in total. The SMILES string of the molecule is CC(C)c1ccccc1.CCc1cccc2oc3ccccc3c12.Cc1ccc(C(C)C)cc1.Cc1ccc2c(c1)C(C)(C)c1cc(C)c3ccccc3c1-2.Cc1ccccc1. The van der Waals surface area contributed by atoms with Gasteiger partial charge >= 0.3 is 0 Å². The molecule has 8 aromatic carbocycles. The molecular formula is C61H66O. The van der Waals surface area contributed by atoms with Crippen molar-refractivity contribution in [3.8, 4) is 11.1 Å². The number of fused-ring (bicyclic) bond motifs is 8. The molecule has 0 saturated carbocycles. The molecule has 0 radical (unpaired) electrons. The number of furan rings is 1. The molecule has 1 nitrogen and oxygen atoms in total. The van der Waals surface area contributed by atoms with E-state index in [1.807, 2.05) is 42.5 Å². The summed E-state index contributed by atoms with van der Waals surface area (Å²) < 4.78 is 5.79. The van der Waals surface area contributed by atoms with Crippen LogP contribution < -0.4 is 0 Å². The van der Waals surface area contributed by atoms with Gasteiger partial charge in [0.15, 0.2) is 0 Å². The quantitative estimate of drug-likeness (QED) is 0.173. The van der Waals surface area contributed by atoms with Crippen LogP contribution in [0.3, 0.4) is 0 Å². The number of hydrogen-bond donors (Lipinski definition) is 0. The average Bonchev–Trinajstić information content (AvgIpc) is 3.77. The van der Waals surface area contributed by atoms with Crippen molar-refractivity contribution in [1.29, 1.82) is 0 Å². The lowest BCUT2D eigenvalue weighted by molar-refractivity contribution is 0.659. The van der Waals surface area contributed by atoms with E-state index in [9.17, 15) is 0 Å². The van der Waals surface area contributed by atoms with Crippen molar-refractivity contribution in [3.05, 3.63) is 226 Å². The predicted octanol–water partition coefficient (Wildman–Crippen LogP) is 17.8. The van der Waals surface area contributed by atoms with Crippen LogP contribution in [0, 0.1) is 27.7 Å². The summed E-state index contributed by atoms with van der Waals surface area (Å²) >= 11 is 0. The average molecular weight is 815 g/mol. The summed E-state index contributed by atoms with van der Waals surface area (Å²) in [5.74, 6) is 1.31. The van der Waals surface area contributed by atoms with Crippen LogP contribution in [0.4, 0.5) is 0 Å². The van der Waals surface area contributed by atoms with Crippen molar-refractivity contribution in [2.75, 3.05) is 0 Å². The maximum atomic E-state index is 5.79. The zero-order valence-corrected chi connectivity index (χ0v) is 39.0.